The molecule has 178 valence electrons. The van der Waals surface area contributed by atoms with Crippen LogP contribution < -0.4 is 5.32 Å². The van der Waals surface area contributed by atoms with Gasteiger partial charge in [-0.15, -0.1) is 10.2 Å². The van der Waals surface area contributed by atoms with Crippen LogP contribution in [0.2, 0.25) is 0 Å². The zero-order valence-corrected chi connectivity index (χ0v) is 19.9. The Morgan fingerprint density at radius 1 is 1.03 bits per heavy atom. The first kappa shape index (κ1) is 23.9. The standard InChI is InChI=1S/C25H29N5O3S/c31-23(26-20-9-3-1-4-10-20)13-7-8-18-34-25-28-27-24(29(25)21-11-5-2-6-12-21)19-14-16-22(17-15-19)30(32)33/h2,5-6,11-12,14-17,20H,1,3-4,7-10,13,18H2,(H,26,31). The van der Waals surface area contributed by atoms with Gasteiger partial charge in [0, 0.05) is 41.6 Å². The number of rotatable bonds is 10. The molecule has 1 amide bonds. The second-order valence-electron chi connectivity index (χ2n) is 8.49. The molecule has 34 heavy (non-hydrogen) atoms. The van der Waals surface area contributed by atoms with Gasteiger partial charge in [-0.3, -0.25) is 19.5 Å². The maximum Gasteiger partial charge on any atom is 0.269 e. The average molecular weight is 480 g/mol. The van der Waals surface area contributed by atoms with E-state index >= 15 is 0 Å². The van der Waals surface area contributed by atoms with E-state index in [1.165, 1.54) is 31.4 Å². The van der Waals surface area contributed by atoms with Crippen LogP contribution in [0.15, 0.2) is 59.8 Å². The number of thioether (sulfide) groups is 1. The first-order valence-electron chi connectivity index (χ1n) is 11.8. The van der Waals surface area contributed by atoms with Crippen LogP contribution in [0.4, 0.5) is 5.69 Å². The van der Waals surface area contributed by atoms with Crippen LogP contribution in [0.25, 0.3) is 17.1 Å². The number of carbonyl (C=O) groups excluding carboxylic acids is 1. The number of nitrogens with one attached hydrogen (secondary N) is 1. The molecule has 0 saturated heterocycles. The van der Waals surface area contributed by atoms with Crippen molar-refractivity contribution in [3.63, 3.8) is 0 Å². The van der Waals surface area contributed by atoms with Crippen LogP contribution in [0.3, 0.4) is 0 Å². The summed E-state index contributed by atoms with van der Waals surface area (Å²) in [6.07, 6.45) is 8.20. The van der Waals surface area contributed by atoms with Gasteiger partial charge < -0.3 is 5.32 Å². The molecule has 4 rings (SSSR count). The normalized spacial score (nSPS) is 14.1. The number of nitro benzene ring substituents is 1. The third kappa shape index (κ3) is 6.22. The lowest BCUT2D eigenvalue weighted by molar-refractivity contribution is -0.384. The summed E-state index contributed by atoms with van der Waals surface area (Å²) < 4.78 is 1.97. The minimum atomic E-state index is -0.414. The molecule has 3 aromatic rings. The van der Waals surface area contributed by atoms with E-state index in [-0.39, 0.29) is 11.6 Å². The second kappa shape index (κ2) is 11.8. The Balaban J connectivity index is 1.38. The van der Waals surface area contributed by atoms with Gasteiger partial charge in [0.25, 0.3) is 5.69 Å². The van der Waals surface area contributed by atoms with Crippen LogP contribution in [-0.4, -0.2) is 37.4 Å². The number of nitrogens with zero attached hydrogens (tertiary/aromatic N) is 4. The Labute approximate surface area is 203 Å². The number of amides is 1. The van der Waals surface area contributed by atoms with Crippen molar-refractivity contribution in [2.24, 2.45) is 0 Å². The molecule has 1 heterocycles. The van der Waals surface area contributed by atoms with Crippen molar-refractivity contribution in [1.82, 2.24) is 20.1 Å². The topological polar surface area (TPSA) is 103 Å². The van der Waals surface area contributed by atoms with E-state index in [0.717, 1.165) is 47.8 Å². The van der Waals surface area contributed by atoms with Gasteiger partial charge in [0.1, 0.15) is 0 Å². The summed E-state index contributed by atoms with van der Waals surface area (Å²) in [5, 5.41) is 23.7. The molecule has 2 aromatic carbocycles. The molecule has 0 spiro atoms. The monoisotopic (exact) mass is 479 g/mol. The first-order valence-corrected chi connectivity index (χ1v) is 12.8. The molecular weight excluding hydrogens is 450 g/mol. The third-order valence-corrected chi connectivity index (χ3v) is 7.00. The fourth-order valence-corrected chi connectivity index (χ4v) is 5.14. The molecule has 8 nitrogen and oxygen atoms in total. The molecule has 0 aliphatic heterocycles. The van der Waals surface area contributed by atoms with Gasteiger partial charge in [-0.05, 0) is 49.9 Å². The number of benzene rings is 2. The molecule has 0 atom stereocenters. The number of unbranched alkanes of at least 4 members (excludes halogenated alkanes) is 1. The summed E-state index contributed by atoms with van der Waals surface area (Å²) in [5.41, 5.74) is 1.72. The van der Waals surface area contributed by atoms with Crippen molar-refractivity contribution in [3.8, 4) is 17.1 Å². The molecule has 0 bridgehead atoms. The van der Waals surface area contributed by atoms with Gasteiger partial charge in [-0.1, -0.05) is 49.2 Å². The molecule has 1 aliphatic rings. The number of non-ortho nitro benzene ring substituents is 1. The number of nitro groups is 1. The van der Waals surface area contributed by atoms with Crippen LogP contribution in [-0.2, 0) is 4.79 Å². The van der Waals surface area contributed by atoms with E-state index in [1.54, 1.807) is 23.9 Å². The predicted molar refractivity (Wildman–Crippen MR) is 133 cm³/mol. The lowest BCUT2D eigenvalue weighted by Gasteiger charge is -2.22. The first-order chi connectivity index (χ1) is 16.6. The summed E-state index contributed by atoms with van der Waals surface area (Å²) >= 11 is 1.60. The molecule has 1 fully saturated rings. The summed E-state index contributed by atoms with van der Waals surface area (Å²) in [4.78, 5) is 22.8. The van der Waals surface area contributed by atoms with Crippen molar-refractivity contribution in [2.45, 2.75) is 62.6 Å². The quantitative estimate of drug-likeness (QED) is 0.177. The summed E-state index contributed by atoms with van der Waals surface area (Å²) in [6.45, 7) is 0. The predicted octanol–water partition coefficient (Wildman–Crippen LogP) is 5.55. The molecule has 1 saturated carbocycles. The number of aromatic nitrogens is 3. The van der Waals surface area contributed by atoms with Crippen LogP contribution in [0.1, 0.15) is 51.4 Å². The van der Waals surface area contributed by atoms with Gasteiger partial charge in [0.05, 0.1) is 4.92 Å². The van der Waals surface area contributed by atoms with Crippen molar-refractivity contribution in [3.05, 3.63) is 64.7 Å². The van der Waals surface area contributed by atoms with E-state index in [1.807, 2.05) is 34.9 Å². The second-order valence-corrected chi connectivity index (χ2v) is 9.55. The molecule has 1 N–H and O–H groups in total. The molecule has 1 aromatic heterocycles. The molecule has 1 aliphatic carbocycles. The molecular formula is C25H29N5O3S. The van der Waals surface area contributed by atoms with Crippen molar-refractivity contribution in [2.75, 3.05) is 5.75 Å². The summed E-state index contributed by atoms with van der Waals surface area (Å²) in [5.74, 6) is 1.61. The number of hydrogen-bond acceptors (Lipinski definition) is 6. The summed E-state index contributed by atoms with van der Waals surface area (Å²) in [6, 6.07) is 16.5. The highest BCUT2D eigenvalue weighted by atomic mass is 32.2. The zero-order chi connectivity index (χ0) is 23.8. The van der Waals surface area contributed by atoms with Crippen LogP contribution in [0.5, 0.6) is 0 Å². The number of carbonyl (C=O) groups is 1. The lowest BCUT2D eigenvalue weighted by Crippen LogP contribution is -2.35. The smallest absolute Gasteiger partial charge is 0.269 e. The van der Waals surface area contributed by atoms with E-state index < -0.39 is 4.92 Å². The highest BCUT2D eigenvalue weighted by Crippen LogP contribution is 2.29. The van der Waals surface area contributed by atoms with E-state index in [2.05, 4.69) is 15.5 Å². The Bertz CT molecular complexity index is 1100. The maximum absolute atomic E-state index is 12.2. The third-order valence-electron chi connectivity index (χ3n) is 5.98. The molecule has 9 heteroatoms. The minimum absolute atomic E-state index is 0.0386. The minimum Gasteiger partial charge on any atom is -0.353 e. The zero-order valence-electron chi connectivity index (χ0n) is 19.1. The number of hydrogen-bond donors (Lipinski definition) is 1. The maximum atomic E-state index is 12.2. The van der Waals surface area contributed by atoms with E-state index in [9.17, 15) is 14.9 Å². The SMILES string of the molecule is O=C(CCCCSc1nnc(-c2ccc([N+](=O)[O-])cc2)n1-c1ccccc1)NC1CCCCC1. The average Bonchev–Trinajstić information content (AvgIpc) is 3.29. The Kier molecular flexibility index (Phi) is 8.30. The van der Waals surface area contributed by atoms with Crippen molar-refractivity contribution < 1.29 is 9.72 Å². The largest absolute Gasteiger partial charge is 0.353 e. The molecule has 0 radical (unpaired) electrons. The van der Waals surface area contributed by atoms with Gasteiger partial charge in [-0.25, -0.2) is 0 Å². The fraction of sp³-hybridized carbons (Fsp3) is 0.400. The molecule has 0 unspecified atom stereocenters. The van der Waals surface area contributed by atoms with Gasteiger partial charge in [0.15, 0.2) is 11.0 Å². The van der Waals surface area contributed by atoms with Crippen LogP contribution in [0, 0.1) is 10.1 Å². The summed E-state index contributed by atoms with van der Waals surface area (Å²) in [7, 11) is 0. The van der Waals surface area contributed by atoms with Gasteiger partial charge in [-0.2, -0.15) is 0 Å². The highest BCUT2D eigenvalue weighted by Gasteiger charge is 2.18. The van der Waals surface area contributed by atoms with Crippen LogP contribution >= 0.6 is 11.8 Å². The van der Waals surface area contributed by atoms with Crippen molar-refractivity contribution >= 4 is 23.4 Å². The highest BCUT2D eigenvalue weighted by molar-refractivity contribution is 7.99. The van der Waals surface area contributed by atoms with Gasteiger partial charge >= 0.3 is 0 Å². The van der Waals surface area contributed by atoms with Crippen molar-refractivity contribution in [1.29, 1.82) is 0 Å². The van der Waals surface area contributed by atoms with Gasteiger partial charge in [0.2, 0.25) is 5.91 Å². The van der Waals surface area contributed by atoms with E-state index in [0.29, 0.717) is 18.3 Å². The van der Waals surface area contributed by atoms with E-state index in [4.69, 9.17) is 0 Å². The lowest BCUT2D eigenvalue weighted by atomic mass is 9.95. The number of para-hydroxylation sites is 1. The Hall–Kier alpha value is -3.20. The Morgan fingerprint density at radius 2 is 1.76 bits per heavy atom. The fourth-order valence-electron chi connectivity index (χ4n) is 4.19. The Morgan fingerprint density at radius 3 is 2.47 bits per heavy atom.